The van der Waals surface area contributed by atoms with E-state index in [1.807, 2.05) is 6.07 Å². The SMILES string of the molecule is CNC(=O)c1cnc(Oc2ccc3c(c2)CCC(CCC2CCC(C)C2)CC3)cn1. The van der Waals surface area contributed by atoms with Gasteiger partial charge in [-0.05, 0) is 73.1 Å². The zero-order chi connectivity index (χ0) is 20.9. The number of fused-ring (bicyclic) bond motifs is 1. The second-order valence-electron chi connectivity index (χ2n) is 9.16. The minimum atomic E-state index is -0.254. The van der Waals surface area contributed by atoms with Crippen LogP contribution in [-0.2, 0) is 12.8 Å². The van der Waals surface area contributed by atoms with E-state index in [2.05, 4.69) is 34.3 Å². The summed E-state index contributed by atoms with van der Waals surface area (Å²) in [6.45, 7) is 2.41. The molecule has 1 saturated carbocycles. The molecule has 5 heteroatoms. The standard InChI is InChI=1S/C25H33N3O2/c1-17-3-4-19(13-17)6-5-18-7-9-20-11-12-22(14-21(20)10-8-18)30-24-16-27-23(15-28-24)25(29)26-2/h11-12,14-19H,3-10,13H2,1-2H3,(H,26,29). The summed E-state index contributed by atoms with van der Waals surface area (Å²) in [5.41, 5.74) is 3.14. The lowest BCUT2D eigenvalue weighted by atomic mass is 9.89. The van der Waals surface area contributed by atoms with Crippen LogP contribution in [0.2, 0.25) is 0 Å². The van der Waals surface area contributed by atoms with E-state index < -0.39 is 0 Å². The van der Waals surface area contributed by atoms with Crippen LogP contribution >= 0.6 is 0 Å². The molecule has 0 saturated heterocycles. The molecule has 3 unspecified atom stereocenters. The highest BCUT2D eigenvalue weighted by Crippen LogP contribution is 2.36. The quantitative estimate of drug-likeness (QED) is 0.657. The number of benzene rings is 1. The molecule has 1 heterocycles. The van der Waals surface area contributed by atoms with Crippen LogP contribution in [0.15, 0.2) is 30.6 Å². The Morgan fingerprint density at radius 1 is 1.03 bits per heavy atom. The summed E-state index contributed by atoms with van der Waals surface area (Å²) in [5, 5.41) is 2.54. The van der Waals surface area contributed by atoms with E-state index in [1.165, 1.54) is 74.9 Å². The molecule has 0 bridgehead atoms. The molecule has 0 aliphatic heterocycles. The fraction of sp³-hybridized carbons (Fsp3) is 0.560. The minimum Gasteiger partial charge on any atom is -0.437 e. The van der Waals surface area contributed by atoms with Crippen molar-refractivity contribution >= 4 is 5.91 Å². The summed E-state index contributed by atoms with van der Waals surface area (Å²) >= 11 is 0. The number of ether oxygens (including phenoxy) is 1. The van der Waals surface area contributed by atoms with Crippen molar-refractivity contribution in [1.29, 1.82) is 0 Å². The van der Waals surface area contributed by atoms with Gasteiger partial charge in [-0.3, -0.25) is 4.79 Å². The molecule has 1 amide bonds. The number of carbonyl (C=O) groups is 1. The fourth-order valence-corrected chi connectivity index (χ4v) is 5.09. The van der Waals surface area contributed by atoms with Gasteiger partial charge in [0.15, 0.2) is 0 Å². The lowest BCUT2D eigenvalue weighted by Gasteiger charge is -2.16. The molecular weight excluding hydrogens is 374 g/mol. The largest absolute Gasteiger partial charge is 0.437 e. The summed E-state index contributed by atoms with van der Waals surface area (Å²) < 4.78 is 5.90. The average Bonchev–Trinajstić information content (AvgIpc) is 3.08. The Bertz CT molecular complexity index is 865. The normalized spacial score (nSPS) is 23.5. The van der Waals surface area contributed by atoms with E-state index in [4.69, 9.17) is 4.74 Å². The molecule has 5 nitrogen and oxygen atoms in total. The van der Waals surface area contributed by atoms with Crippen LogP contribution in [0.5, 0.6) is 11.6 Å². The van der Waals surface area contributed by atoms with E-state index in [9.17, 15) is 4.79 Å². The van der Waals surface area contributed by atoms with Crippen LogP contribution in [0.25, 0.3) is 0 Å². The molecule has 2 aliphatic carbocycles. The van der Waals surface area contributed by atoms with Crippen LogP contribution in [0.3, 0.4) is 0 Å². The van der Waals surface area contributed by atoms with Gasteiger partial charge < -0.3 is 10.1 Å². The Balaban J connectivity index is 1.33. The smallest absolute Gasteiger partial charge is 0.271 e. The molecule has 0 spiro atoms. The number of amides is 1. The predicted molar refractivity (Wildman–Crippen MR) is 118 cm³/mol. The molecule has 0 radical (unpaired) electrons. The molecule has 1 aromatic carbocycles. The van der Waals surface area contributed by atoms with E-state index in [1.54, 1.807) is 7.05 Å². The maximum Gasteiger partial charge on any atom is 0.271 e. The third kappa shape index (κ3) is 5.18. The molecule has 1 aromatic heterocycles. The van der Waals surface area contributed by atoms with Crippen molar-refractivity contribution in [2.45, 2.75) is 64.7 Å². The van der Waals surface area contributed by atoms with E-state index >= 15 is 0 Å². The van der Waals surface area contributed by atoms with Crippen molar-refractivity contribution in [3.63, 3.8) is 0 Å². The number of nitrogens with zero attached hydrogens (tertiary/aromatic N) is 2. The Morgan fingerprint density at radius 2 is 1.83 bits per heavy atom. The summed E-state index contributed by atoms with van der Waals surface area (Å²) in [6.07, 6.45) is 14.9. The second-order valence-corrected chi connectivity index (χ2v) is 9.16. The highest BCUT2D eigenvalue weighted by molar-refractivity contribution is 5.91. The number of rotatable bonds is 6. The second kappa shape index (κ2) is 9.59. The Hall–Kier alpha value is -2.43. The van der Waals surface area contributed by atoms with E-state index in [0.29, 0.717) is 5.88 Å². The highest BCUT2D eigenvalue weighted by atomic mass is 16.5. The first-order valence-corrected chi connectivity index (χ1v) is 11.4. The molecule has 160 valence electrons. The number of aryl methyl sites for hydroxylation is 2. The van der Waals surface area contributed by atoms with Gasteiger partial charge in [0.25, 0.3) is 5.91 Å². The lowest BCUT2D eigenvalue weighted by molar-refractivity contribution is 0.0957. The van der Waals surface area contributed by atoms with Gasteiger partial charge in [-0.25, -0.2) is 9.97 Å². The van der Waals surface area contributed by atoms with E-state index in [-0.39, 0.29) is 11.6 Å². The summed E-state index contributed by atoms with van der Waals surface area (Å²) in [6, 6.07) is 6.39. The highest BCUT2D eigenvalue weighted by Gasteiger charge is 2.23. The zero-order valence-electron chi connectivity index (χ0n) is 18.2. The first-order valence-electron chi connectivity index (χ1n) is 11.4. The van der Waals surface area contributed by atoms with Crippen LogP contribution in [0.4, 0.5) is 0 Å². The van der Waals surface area contributed by atoms with Crippen LogP contribution in [0.1, 0.15) is 73.5 Å². The van der Waals surface area contributed by atoms with Crippen LogP contribution in [0, 0.1) is 17.8 Å². The monoisotopic (exact) mass is 407 g/mol. The first kappa shape index (κ1) is 20.8. The van der Waals surface area contributed by atoms with Crippen molar-refractivity contribution in [1.82, 2.24) is 15.3 Å². The minimum absolute atomic E-state index is 0.254. The summed E-state index contributed by atoms with van der Waals surface area (Å²) in [4.78, 5) is 19.9. The number of carbonyl (C=O) groups excluding carboxylic acids is 1. The third-order valence-corrected chi connectivity index (χ3v) is 6.92. The first-order chi connectivity index (χ1) is 14.6. The van der Waals surface area contributed by atoms with E-state index in [0.717, 1.165) is 29.9 Å². The van der Waals surface area contributed by atoms with Gasteiger partial charge in [0, 0.05) is 7.05 Å². The Labute approximate surface area is 179 Å². The number of nitrogens with one attached hydrogen (secondary N) is 1. The summed E-state index contributed by atoms with van der Waals surface area (Å²) in [7, 11) is 1.57. The third-order valence-electron chi connectivity index (χ3n) is 6.92. The Morgan fingerprint density at radius 3 is 2.53 bits per heavy atom. The lowest BCUT2D eigenvalue weighted by Crippen LogP contribution is -2.19. The van der Waals surface area contributed by atoms with Crippen molar-refractivity contribution in [3.05, 3.63) is 47.4 Å². The maximum atomic E-state index is 11.6. The fourth-order valence-electron chi connectivity index (χ4n) is 5.09. The molecular formula is C25H33N3O2. The average molecular weight is 408 g/mol. The molecule has 1 fully saturated rings. The van der Waals surface area contributed by atoms with Crippen molar-refractivity contribution in [2.75, 3.05) is 7.05 Å². The van der Waals surface area contributed by atoms with Gasteiger partial charge in [0.2, 0.25) is 5.88 Å². The molecule has 30 heavy (non-hydrogen) atoms. The van der Waals surface area contributed by atoms with Crippen molar-refractivity contribution < 1.29 is 9.53 Å². The molecule has 2 aliphatic rings. The predicted octanol–water partition coefficient (Wildman–Crippen LogP) is 5.34. The Kier molecular flexibility index (Phi) is 6.66. The van der Waals surface area contributed by atoms with Gasteiger partial charge in [0.1, 0.15) is 11.4 Å². The number of hydrogen-bond donors (Lipinski definition) is 1. The maximum absolute atomic E-state index is 11.6. The number of aromatic nitrogens is 2. The number of hydrogen-bond acceptors (Lipinski definition) is 4. The summed E-state index contributed by atoms with van der Waals surface area (Å²) in [5.74, 6) is 3.70. The topological polar surface area (TPSA) is 64.1 Å². The molecule has 4 rings (SSSR count). The van der Waals surface area contributed by atoms with Crippen molar-refractivity contribution in [2.24, 2.45) is 17.8 Å². The van der Waals surface area contributed by atoms with Gasteiger partial charge in [-0.1, -0.05) is 38.7 Å². The van der Waals surface area contributed by atoms with Crippen LogP contribution < -0.4 is 10.1 Å². The van der Waals surface area contributed by atoms with Gasteiger partial charge in [0.05, 0.1) is 12.4 Å². The van der Waals surface area contributed by atoms with Gasteiger partial charge in [-0.2, -0.15) is 0 Å². The van der Waals surface area contributed by atoms with Crippen molar-refractivity contribution in [3.8, 4) is 11.6 Å². The molecule has 2 aromatic rings. The molecule has 3 atom stereocenters. The van der Waals surface area contributed by atoms with Crippen LogP contribution in [-0.4, -0.2) is 22.9 Å². The zero-order valence-corrected chi connectivity index (χ0v) is 18.2. The van der Waals surface area contributed by atoms with Gasteiger partial charge in [-0.15, -0.1) is 0 Å². The van der Waals surface area contributed by atoms with Gasteiger partial charge >= 0.3 is 0 Å². The molecule has 1 N–H and O–H groups in total.